The summed E-state index contributed by atoms with van der Waals surface area (Å²) in [6, 6.07) is 0. The van der Waals surface area contributed by atoms with Crippen LogP contribution in [0, 0.1) is 38.5 Å². The standard InChI is InChI=1S/C39H70O7/c1-29(2)13-10-14-30(3)15-11-16-31(4)17-12-19-39(8)20-18-36-34(7)37(32(5)33(6)38(36)46-39)45-26-25-43-22-21-42-23-24-44-28-35(40)27-41-9/h29-31,35,40H,10-28H2,1-9H3. The third kappa shape index (κ3) is 15.2. The van der Waals surface area contributed by atoms with Crippen LogP contribution in [0.1, 0.15) is 121 Å². The van der Waals surface area contributed by atoms with E-state index in [-0.39, 0.29) is 18.8 Å². The molecule has 268 valence electrons. The van der Waals surface area contributed by atoms with E-state index in [0.717, 1.165) is 54.1 Å². The van der Waals surface area contributed by atoms with Crippen LogP contribution in [0.3, 0.4) is 0 Å². The molecule has 1 heterocycles. The van der Waals surface area contributed by atoms with Gasteiger partial charge >= 0.3 is 0 Å². The van der Waals surface area contributed by atoms with Crippen LogP contribution in [0.25, 0.3) is 0 Å². The Bertz CT molecular complexity index is 964. The maximum atomic E-state index is 9.55. The number of fused-ring (bicyclic) bond motifs is 1. The van der Waals surface area contributed by atoms with Crippen molar-refractivity contribution in [3.8, 4) is 11.5 Å². The van der Waals surface area contributed by atoms with Gasteiger partial charge in [-0.25, -0.2) is 0 Å². The number of hydrogen-bond donors (Lipinski definition) is 1. The van der Waals surface area contributed by atoms with Gasteiger partial charge in [-0.1, -0.05) is 72.6 Å². The van der Waals surface area contributed by atoms with Gasteiger partial charge in [0.2, 0.25) is 0 Å². The molecule has 1 aromatic rings. The van der Waals surface area contributed by atoms with Crippen LogP contribution in [0.15, 0.2) is 0 Å². The molecule has 0 saturated carbocycles. The summed E-state index contributed by atoms with van der Waals surface area (Å²) in [5.41, 5.74) is 4.76. The van der Waals surface area contributed by atoms with E-state index in [2.05, 4.69) is 55.4 Å². The lowest BCUT2D eigenvalue weighted by atomic mass is 9.83. The maximum Gasteiger partial charge on any atom is 0.127 e. The van der Waals surface area contributed by atoms with Crippen molar-refractivity contribution in [3.63, 3.8) is 0 Å². The van der Waals surface area contributed by atoms with Crippen LogP contribution in [0.5, 0.6) is 11.5 Å². The van der Waals surface area contributed by atoms with E-state index < -0.39 is 6.10 Å². The summed E-state index contributed by atoms with van der Waals surface area (Å²) in [5.74, 6) is 4.54. The highest BCUT2D eigenvalue weighted by atomic mass is 16.6. The third-order valence-corrected chi connectivity index (χ3v) is 9.73. The van der Waals surface area contributed by atoms with Gasteiger partial charge in [0.1, 0.15) is 29.8 Å². The average Bonchev–Trinajstić information content (AvgIpc) is 3.00. The van der Waals surface area contributed by atoms with E-state index in [0.29, 0.717) is 39.6 Å². The monoisotopic (exact) mass is 651 g/mol. The normalized spacial score (nSPS) is 18.3. The average molecular weight is 651 g/mol. The van der Waals surface area contributed by atoms with Crippen molar-refractivity contribution < 1.29 is 33.5 Å². The van der Waals surface area contributed by atoms with Crippen molar-refractivity contribution >= 4 is 0 Å². The van der Waals surface area contributed by atoms with Gasteiger partial charge in [-0.3, -0.25) is 0 Å². The smallest absolute Gasteiger partial charge is 0.127 e. The molecule has 0 radical (unpaired) electrons. The second-order valence-electron chi connectivity index (χ2n) is 14.7. The van der Waals surface area contributed by atoms with Gasteiger partial charge in [0.05, 0.1) is 46.2 Å². The highest BCUT2D eigenvalue weighted by molar-refractivity contribution is 5.59. The van der Waals surface area contributed by atoms with Gasteiger partial charge in [0.25, 0.3) is 0 Å². The number of benzene rings is 1. The largest absolute Gasteiger partial charge is 0.491 e. The number of rotatable bonds is 26. The molecule has 4 unspecified atom stereocenters. The van der Waals surface area contributed by atoms with Crippen molar-refractivity contribution in [2.75, 3.05) is 60.0 Å². The van der Waals surface area contributed by atoms with Gasteiger partial charge in [-0.15, -0.1) is 0 Å². The lowest BCUT2D eigenvalue weighted by Gasteiger charge is -2.38. The number of ether oxygens (including phenoxy) is 6. The van der Waals surface area contributed by atoms with Crippen molar-refractivity contribution in [2.24, 2.45) is 17.8 Å². The van der Waals surface area contributed by atoms with E-state index in [1.165, 1.54) is 68.1 Å². The molecule has 1 aromatic carbocycles. The lowest BCUT2D eigenvalue weighted by molar-refractivity contribution is -0.0300. The molecule has 0 fully saturated rings. The summed E-state index contributed by atoms with van der Waals surface area (Å²) in [6.07, 6.45) is 13.4. The van der Waals surface area contributed by atoms with E-state index in [1.54, 1.807) is 7.11 Å². The zero-order valence-electron chi connectivity index (χ0n) is 31.1. The minimum atomic E-state index is -0.603. The Labute approximate surface area is 282 Å². The highest BCUT2D eigenvalue weighted by Gasteiger charge is 2.34. The predicted molar refractivity (Wildman–Crippen MR) is 189 cm³/mol. The summed E-state index contributed by atoms with van der Waals surface area (Å²) in [6.45, 7) is 21.8. The zero-order valence-corrected chi connectivity index (χ0v) is 31.1. The lowest BCUT2D eigenvalue weighted by Crippen LogP contribution is -2.37. The number of hydrogen-bond acceptors (Lipinski definition) is 7. The molecule has 0 spiro atoms. The summed E-state index contributed by atoms with van der Waals surface area (Å²) in [4.78, 5) is 0. The topological polar surface area (TPSA) is 75.6 Å². The van der Waals surface area contributed by atoms with Crippen LogP contribution in [0.2, 0.25) is 0 Å². The van der Waals surface area contributed by atoms with Crippen LogP contribution < -0.4 is 9.47 Å². The van der Waals surface area contributed by atoms with Crippen LogP contribution in [-0.4, -0.2) is 76.8 Å². The van der Waals surface area contributed by atoms with Gasteiger partial charge in [-0.2, -0.15) is 0 Å². The third-order valence-electron chi connectivity index (χ3n) is 9.73. The molecule has 1 aliphatic rings. The molecule has 0 saturated heterocycles. The number of aliphatic hydroxyl groups excluding tert-OH is 1. The van der Waals surface area contributed by atoms with E-state index in [4.69, 9.17) is 28.4 Å². The quantitative estimate of drug-likeness (QED) is 0.101. The minimum Gasteiger partial charge on any atom is -0.491 e. The Hall–Kier alpha value is -1.38. The van der Waals surface area contributed by atoms with E-state index in [9.17, 15) is 5.11 Å². The van der Waals surface area contributed by atoms with Crippen molar-refractivity contribution in [3.05, 3.63) is 22.3 Å². The molecule has 4 atom stereocenters. The number of methoxy groups -OCH3 is 1. The molecule has 7 nitrogen and oxygen atoms in total. The Morgan fingerprint density at radius 1 is 0.717 bits per heavy atom. The molecular formula is C39H70O7. The Morgan fingerprint density at radius 2 is 1.28 bits per heavy atom. The minimum absolute atomic E-state index is 0.100. The van der Waals surface area contributed by atoms with E-state index in [1.807, 2.05) is 0 Å². The van der Waals surface area contributed by atoms with Crippen LogP contribution in [0.4, 0.5) is 0 Å². The first-order chi connectivity index (χ1) is 22.0. The highest BCUT2D eigenvalue weighted by Crippen LogP contribution is 2.45. The van der Waals surface area contributed by atoms with Crippen molar-refractivity contribution in [1.29, 1.82) is 0 Å². The molecule has 1 aliphatic heterocycles. The maximum absolute atomic E-state index is 9.55. The first-order valence-corrected chi connectivity index (χ1v) is 18.3. The molecule has 1 N–H and O–H groups in total. The van der Waals surface area contributed by atoms with Crippen LogP contribution in [-0.2, 0) is 25.4 Å². The molecule has 7 heteroatoms. The van der Waals surface area contributed by atoms with E-state index >= 15 is 0 Å². The molecule has 0 aliphatic carbocycles. The van der Waals surface area contributed by atoms with Gasteiger partial charge < -0.3 is 33.5 Å². The Balaban J connectivity index is 1.69. The molecule has 46 heavy (non-hydrogen) atoms. The molecule has 0 bridgehead atoms. The van der Waals surface area contributed by atoms with Gasteiger partial charge in [0, 0.05) is 12.7 Å². The van der Waals surface area contributed by atoms with Gasteiger partial charge in [0.15, 0.2) is 0 Å². The molecule has 0 aromatic heterocycles. The summed E-state index contributed by atoms with van der Waals surface area (Å²) in [5, 5.41) is 9.55. The summed E-state index contributed by atoms with van der Waals surface area (Å²) in [7, 11) is 1.55. The molecule has 0 amide bonds. The molecule has 2 rings (SSSR count). The SMILES string of the molecule is COCC(O)COCCOCCOCCOc1c(C)c(C)c2c(c1C)CCC(C)(CCCC(C)CCCC(C)CCCC(C)C)O2. The second kappa shape index (κ2) is 22.3. The second-order valence-corrected chi connectivity index (χ2v) is 14.7. The van der Waals surface area contributed by atoms with Crippen molar-refractivity contribution in [2.45, 2.75) is 138 Å². The van der Waals surface area contributed by atoms with Gasteiger partial charge in [-0.05, 0) is 87.8 Å². The first-order valence-electron chi connectivity index (χ1n) is 18.3. The fraction of sp³-hybridized carbons (Fsp3) is 0.846. The molecular weight excluding hydrogens is 580 g/mol. The fourth-order valence-electron chi connectivity index (χ4n) is 6.58. The first kappa shape index (κ1) is 40.8. The Kier molecular flexibility index (Phi) is 19.8. The summed E-state index contributed by atoms with van der Waals surface area (Å²) < 4.78 is 34.6. The zero-order chi connectivity index (χ0) is 34.0. The van der Waals surface area contributed by atoms with Crippen LogP contribution >= 0.6 is 0 Å². The fourth-order valence-corrected chi connectivity index (χ4v) is 6.58. The predicted octanol–water partition coefficient (Wildman–Crippen LogP) is 8.57. The van der Waals surface area contributed by atoms with Crippen molar-refractivity contribution in [1.82, 2.24) is 0 Å². The Morgan fingerprint density at radius 3 is 1.89 bits per heavy atom. The number of aliphatic hydroxyl groups is 1. The summed E-state index contributed by atoms with van der Waals surface area (Å²) >= 11 is 0.